The molecule has 4 aromatic rings. The standard InChI is InChI=1S/C23H19ClN4OS/c1-15-3-9-20(10-4-15)28-22(18-11-13-25-14-12-18)26-27-23(28)30-16(2)21(29)17-5-7-19(24)8-6-17/h3-14,16H,1-2H3. The zero-order valence-electron chi connectivity index (χ0n) is 16.5. The van der Waals surface area contributed by atoms with E-state index in [1.807, 2.05) is 54.8 Å². The van der Waals surface area contributed by atoms with Crippen molar-refractivity contribution in [2.24, 2.45) is 0 Å². The van der Waals surface area contributed by atoms with Crippen LogP contribution >= 0.6 is 23.4 Å². The number of aromatic nitrogens is 4. The van der Waals surface area contributed by atoms with E-state index >= 15 is 0 Å². The first-order chi connectivity index (χ1) is 14.5. The molecule has 5 nitrogen and oxygen atoms in total. The van der Waals surface area contributed by atoms with Crippen molar-refractivity contribution in [2.75, 3.05) is 0 Å². The lowest BCUT2D eigenvalue weighted by Gasteiger charge is -2.13. The summed E-state index contributed by atoms with van der Waals surface area (Å²) in [5.74, 6) is 0.718. The van der Waals surface area contributed by atoms with Crippen LogP contribution < -0.4 is 0 Å². The van der Waals surface area contributed by atoms with Crippen molar-refractivity contribution >= 4 is 29.1 Å². The molecule has 0 aliphatic heterocycles. The van der Waals surface area contributed by atoms with Crippen molar-refractivity contribution in [3.8, 4) is 17.1 Å². The largest absolute Gasteiger partial charge is 0.293 e. The first kappa shape index (κ1) is 20.3. The van der Waals surface area contributed by atoms with Gasteiger partial charge in [0.25, 0.3) is 0 Å². The number of Topliss-reactive ketones (excluding diaryl/α,β-unsaturated/α-hetero) is 1. The lowest BCUT2D eigenvalue weighted by atomic mass is 10.1. The number of nitrogens with zero attached hydrogens (tertiary/aromatic N) is 4. The molecule has 2 aromatic heterocycles. The molecule has 0 aliphatic carbocycles. The smallest absolute Gasteiger partial charge is 0.196 e. The average molecular weight is 435 g/mol. The van der Waals surface area contributed by atoms with Crippen molar-refractivity contribution in [1.29, 1.82) is 0 Å². The van der Waals surface area contributed by atoms with Crippen LogP contribution in [0.15, 0.2) is 78.2 Å². The fourth-order valence-electron chi connectivity index (χ4n) is 3.02. The van der Waals surface area contributed by atoms with Gasteiger partial charge in [0, 0.05) is 34.2 Å². The van der Waals surface area contributed by atoms with E-state index in [0.717, 1.165) is 16.8 Å². The van der Waals surface area contributed by atoms with Crippen LogP contribution in [-0.4, -0.2) is 30.8 Å². The van der Waals surface area contributed by atoms with Gasteiger partial charge in [0.2, 0.25) is 0 Å². The highest BCUT2D eigenvalue weighted by Crippen LogP contribution is 2.31. The second kappa shape index (κ2) is 8.81. The molecule has 1 atom stereocenters. The van der Waals surface area contributed by atoms with Crippen LogP contribution in [0, 0.1) is 6.92 Å². The molecule has 0 N–H and O–H groups in total. The molecule has 0 saturated carbocycles. The molecule has 0 bridgehead atoms. The quantitative estimate of drug-likeness (QED) is 0.289. The Morgan fingerprint density at radius 3 is 2.30 bits per heavy atom. The van der Waals surface area contributed by atoms with E-state index in [0.29, 0.717) is 21.6 Å². The van der Waals surface area contributed by atoms with Crippen LogP contribution in [-0.2, 0) is 0 Å². The average Bonchev–Trinajstić information content (AvgIpc) is 3.18. The third kappa shape index (κ3) is 4.30. The molecule has 0 fully saturated rings. The van der Waals surface area contributed by atoms with E-state index < -0.39 is 0 Å². The molecule has 4 rings (SSSR count). The third-order valence-corrected chi connectivity index (χ3v) is 5.94. The minimum atomic E-state index is -0.343. The van der Waals surface area contributed by atoms with Gasteiger partial charge in [-0.3, -0.25) is 14.3 Å². The number of carbonyl (C=O) groups excluding carboxylic acids is 1. The van der Waals surface area contributed by atoms with Crippen LogP contribution in [0.1, 0.15) is 22.8 Å². The van der Waals surface area contributed by atoms with Gasteiger partial charge in [-0.25, -0.2) is 0 Å². The Kier molecular flexibility index (Phi) is 5.97. The van der Waals surface area contributed by atoms with Crippen molar-refractivity contribution in [3.05, 3.63) is 89.2 Å². The lowest BCUT2D eigenvalue weighted by Crippen LogP contribution is -2.14. The van der Waals surface area contributed by atoms with E-state index in [2.05, 4.69) is 15.2 Å². The van der Waals surface area contributed by atoms with Gasteiger partial charge in [0.1, 0.15) is 0 Å². The number of halogens is 1. The second-order valence-electron chi connectivity index (χ2n) is 6.84. The van der Waals surface area contributed by atoms with Crippen LogP contribution in [0.2, 0.25) is 5.02 Å². The maximum atomic E-state index is 12.9. The fourth-order valence-corrected chi connectivity index (χ4v) is 4.09. The molecule has 0 aliphatic rings. The summed E-state index contributed by atoms with van der Waals surface area (Å²) in [5.41, 5.74) is 3.63. The van der Waals surface area contributed by atoms with Gasteiger partial charge in [0.05, 0.1) is 5.25 Å². The number of aryl methyl sites for hydroxylation is 1. The van der Waals surface area contributed by atoms with E-state index in [-0.39, 0.29) is 11.0 Å². The van der Waals surface area contributed by atoms with E-state index in [1.165, 1.54) is 11.8 Å². The first-order valence-corrected chi connectivity index (χ1v) is 10.7. The molecule has 0 amide bonds. The molecular weight excluding hydrogens is 416 g/mol. The van der Waals surface area contributed by atoms with Crippen molar-refractivity contribution in [1.82, 2.24) is 19.7 Å². The van der Waals surface area contributed by atoms with Gasteiger partial charge < -0.3 is 0 Å². The van der Waals surface area contributed by atoms with Gasteiger partial charge >= 0.3 is 0 Å². The highest BCUT2D eigenvalue weighted by Gasteiger charge is 2.22. The Labute approximate surface area is 184 Å². The maximum absolute atomic E-state index is 12.9. The summed E-state index contributed by atoms with van der Waals surface area (Å²) < 4.78 is 1.98. The number of benzene rings is 2. The molecule has 1 unspecified atom stereocenters. The summed E-state index contributed by atoms with van der Waals surface area (Å²) in [4.78, 5) is 17.0. The lowest BCUT2D eigenvalue weighted by molar-refractivity contribution is 0.0994. The summed E-state index contributed by atoms with van der Waals surface area (Å²) in [6, 6.07) is 18.9. The predicted octanol–water partition coefficient (Wildman–Crippen LogP) is 5.65. The zero-order valence-corrected chi connectivity index (χ0v) is 18.1. The third-order valence-electron chi connectivity index (χ3n) is 4.64. The van der Waals surface area contributed by atoms with E-state index in [4.69, 9.17) is 11.6 Å². The van der Waals surface area contributed by atoms with E-state index in [9.17, 15) is 4.79 Å². The Hall–Kier alpha value is -2.96. The zero-order chi connectivity index (χ0) is 21.1. The van der Waals surface area contributed by atoms with E-state index in [1.54, 1.807) is 36.7 Å². The number of pyridine rings is 1. The summed E-state index contributed by atoms with van der Waals surface area (Å²) in [5, 5.41) is 9.74. The second-order valence-corrected chi connectivity index (χ2v) is 8.59. The molecule has 0 radical (unpaired) electrons. The topological polar surface area (TPSA) is 60.7 Å². The molecule has 7 heteroatoms. The van der Waals surface area contributed by atoms with Gasteiger partial charge in [-0.15, -0.1) is 10.2 Å². The minimum Gasteiger partial charge on any atom is -0.293 e. The molecule has 0 saturated heterocycles. The van der Waals surface area contributed by atoms with Gasteiger partial charge in [-0.2, -0.15) is 0 Å². The summed E-state index contributed by atoms with van der Waals surface area (Å²) in [6.07, 6.45) is 3.45. The van der Waals surface area contributed by atoms with Gasteiger partial charge in [-0.05, 0) is 62.4 Å². The first-order valence-electron chi connectivity index (χ1n) is 9.42. The van der Waals surface area contributed by atoms with Crippen molar-refractivity contribution < 1.29 is 4.79 Å². The molecule has 30 heavy (non-hydrogen) atoms. The van der Waals surface area contributed by atoms with Crippen molar-refractivity contribution in [2.45, 2.75) is 24.3 Å². The van der Waals surface area contributed by atoms with Crippen LogP contribution in [0.4, 0.5) is 0 Å². The Balaban J connectivity index is 1.71. The number of thioether (sulfide) groups is 1. The number of carbonyl (C=O) groups is 1. The summed E-state index contributed by atoms with van der Waals surface area (Å²) >= 11 is 7.33. The van der Waals surface area contributed by atoms with Crippen LogP contribution in [0.5, 0.6) is 0 Å². The normalized spacial score (nSPS) is 12.0. The molecule has 2 heterocycles. The highest BCUT2D eigenvalue weighted by atomic mass is 35.5. The molecule has 150 valence electrons. The molecular formula is C23H19ClN4OS. The summed E-state index contributed by atoms with van der Waals surface area (Å²) in [6.45, 7) is 3.92. The Morgan fingerprint density at radius 1 is 0.967 bits per heavy atom. The van der Waals surface area contributed by atoms with Gasteiger partial charge in [-0.1, -0.05) is 41.1 Å². The number of hydrogen-bond acceptors (Lipinski definition) is 5. The number of hydrogen-bond donors (Lipinski definition) is 0. The van der Waals surface area contributed by atoms with Crippen LogP contribution in [0.3, 0.4) is 0 Å². The van der Waals surface area contributed by atoms with Gasteiger partial charge in [0.15, 0.2) is 16.8 Å². The predicted molar refractivity (Wildman–Crippen MR) is 120 cm³/mol. The monoisotopic (exact) mass is 434 g/mol. The molecule has 0 spiro atoms. The molecule has 2 aromatic carbocycles. The highest BCUT2D eigenvalue weighted by molar-refractivity contribution is 8.00. The van der Waals surface area contributed by atoms with Crippen LogP contribution in [0.25, 0.3) is 17.1 Å². The fraction of sp³-hybridized carbons (Fsp3) is 0.130. The Bertz CT molecular complexity index is 1160. The van der Waals surface area contributed by atoms with Crippen molar-refractivity contribution in [3.63, 3.8) is 0 Å². The minimum absolute atomic E-state index is 0.0144. The maximum Gasteiger partial charge on any atom is 0.196 e. The number of rotatable bonds is 6. The number of ketones is 1. The summed E-state index contributed by atoms with van der Waals surface area (Å²) in [7, 11) is 0. The SMILES string of the molecule is Cc1ccc(-n2c(SC(C)C(=O)c3ccc(Cl)cc3)nnc2-c2ccncc2)cc1. The Morgan fingerprint density at radius 2 is 1.63 bits per heavy atom.